The van der Waals surface area contributed by atoms with Crippen LogP contribution in [0.25, 0.3) is 0 Å². The third kappa shape index (κ3) is 5.48. The molecule has 6 nitrogen and oxygen atoms in total. The van der Waals surface area contributed by atoms with E-state index in [1.54, 1.807) is 0 Å². The first-order valence-electron chi connectivity index (χ1n) is 8.50. The lowest BCUT2D eigenvalue weighted by Crippen LogP contribution is -2.50. The van der Waals surface area contributed by atoms with Gasteiger partial charge in [-0.3, -0.25) is 9.59 Å². The SMILES string of the molecule is CCN1CCC2CCC(C1)N2C(=O)CNC(=O)[C@@H](N)C(C)C.Cl.Cl. The van der Waals surface area contributed by atoms with Crippen LogP contribution in [-0.4, -0.2) is 65.9 Å². The highest BCUT2D eigenvalue weighted by Gasteiger charge is 2.39. The van der Waals surface area contributed by atoms with Crippen LogP contribution < -0.4 is 11.1 Å². The Morgan fingerprint density at radius 2 is 1.79 bits per heavy atom. The van der Waals surface area contributed by atoms with Crippen LogP contribution in [-0.2, 0) is 9.59 Å². The van der Waals surface area contributed by atoms with Crippen LogP contribution >= 0.6 is 24.8 Å². The van der Waals surface area contributed by atoms with Crippen molar-refractivity contribution in [2.75, 3.05) is 26.2 Å². The van der Waals surface area contributed by atoms with Crippen molar-refractivity contribution in [1.29, 1.82) is 0 Å². The van der Waals surface area contributed by atoms with E-state index in [0.29, 0.717) is 12.1 Å². The third-order valence-corrected chi connectivity index (χ3v) is 5.04. The van der Waals surface area contributed by atoms with E-state index in [4.69, 9.17) is 5.73 Å². The van der Waals surface area contributed by atoms with Crippen LogP contribution in [0.5, 0.6) is 0 Å². The van der Waals surface area contributed by atoms with Gasteiger partial charge in [0.2, 0.25) is 11.8 Å². The monoisotopic (exact) mass is 382 g/mol. The molecular formula is C16H32Cl2N4O2. The molecule has 3 N–H and O–H groups in total. The van der Waals surface area contributed by atoms with E-state index < -0.39 is 6.04 Å². The van der Waals surface area contributed by atoms with Gasteiger partial charge in [0.1, 0.15) is 0 Å². The van der Waals surface area contributed by atoms with Gasteiger partial charge >= 0.3 is 0 Å². The molecule has 142 valence electrons. The number of carbonyl (C=O) groups excluding carboxylic acids is 2. The predicted octanol–water partition coefficient (Wildman–Crippen LogP) is 1.01. The van der Waals surface area contributed by atoms with Crippen molar-refractivity contribution in [3.8, 4) is 0 Å². The van der Waals surface area contributed by atoms with Crippen LogP contribution in [0.15, 0.2) is 0 Å². The molecule has 2 aliphatic heterocycles. The summed E-state index contributed by atoms with van der Waals surface area (Å²) in [6, 6.07) is 0.0876. The molecule has 0 saturated carbocycles. The smallest absolute Gasteiger partial charge is 0.242 e. The lowest BCUT2D eigenvalue weighted by molar-refractivity contribution is -0.135. The van der Waals surface area contributed by atoms with Gasteiger partial charge in [0.05, 0.1) is 12.6 Å². The molecule has 8 heteroatoms. The molecule has 2 fully saturated rings. The van der Waals surface area contributed by atoms with Gasteiger partial charge in [-0.1, -0.05) is 20.8 Å². The van der Waals surface area contributed by atoms with Crippen LogP contribution in [0, 0.1) is 5.92 Å². The fourth-order valence-corrected chi connectivity index (χ4v) is 3.51. The second-order valence-electron chi connectivity index (χ2n) is 6.86. The standard InChI is InChI=1S/C16H30N4O2.2ClH/c1-4-19-8-7-12-5-6-13(10-19)20(12)14(21)9-18-16(22)15(17)11(2)3;;/h11-13,15H,4-10,17H2,1-3H3,(H,18,22);2*1H/t12?,13?,15-;;/m0../s1. The summed E-state index contributed by atoms with van der Waals surface area (Å²) in [6.07, 6.45) is 3.20. The van der Waals surface area contributed by atoms with E-state index in [1.807, 2.05) is 18.7 Å². The van der Waals surface area contributed by atoms with E-state index in [1.165, 1.54) is 0 Å². The maximum Gasteiger partial charge on any atom is 0.242 e. The highest BCUT2D eigenvalue weighted by Crippen LogP contribution is 2.30. The average Bonchev–Trinajstić information content (AvgIpc) is 2.78. The van der Waals surface area contributed by atoms with E-state index in [9.17, 15) is 9.59 Å². The van der Waals surface area contributed by atoms with Gasteiger partial charge in [0.15, 0.2) is 0 Å². The number of fused-ring (bicyclic) bond motifs is 2. The second kappa shape index (κ2) is 10.4. The Kier molecular flexibility index (Phi) is 10.2. The summed E-state index contributed by atoms with van der Waals surface area (Å²) >= 11 is 0. The number of halogens is 2. The molecule has 0 aromatic heterocycles. The van der Waals surface area contributed by atoms with Crippen LogP contribution in [0.1, 0.15) is 40.0 Å². The van der Waals surface area contributed by atoms with Crippen molar-refractivity contribution in [3.63, 3.8) is 0 Å². The Morgan fingerprint density at radius 1 is 1.17 bits per heavy atom. The molecule has 0 aliphatic carbocycles. The Bertz CT molecular complexity index is 423. The van der Waals surface area contributed by atoms with Gasteiger partial charge in [-0.25, -0.2) is 0 Å². The minimum Gasteiger partial charge on any atom is -0.346 e. The molecule has 2 unspecified atom stereocenters. The minimum atomic E-state index is -0.552. The van der Waals surface area contributed by atoms with Gasteiger partial charge in [-0.2, -0.15) is 0 Å². The number of likely N-dealkylation sites (tertiary alicyclic amines) is 1. The predicted molar refractivity (Wildman–Crippen MR) is 101 cm³/mol. The molecule has 24 heavy (non-hydrogen) atoms. The minimum absolute atomic E-state index is 0. The van der Waals surface area contributed by atoms with Gasteiger partial charge in [-0.15, -0.1) is 24.8 Å². The first kappa shape index (κ1) is 23.4. The van der Waals surface area contributed by atoms with Gasteiger partial charge < -0.3 is 20.9 Å². The summed E-state index contributed by atoms with van der Waals surface area (Å²) in [6.45, 7) is 9.09. The Hall–Kier alpha value is -0.560. The summed E-state index contributed by atoms with van der Waals surface area (Å²) in [4.78, 5) is 28.9. The molecule has 2 rings (SSSR count). The highest BCUT2D eigenvalue weighted by atomic mass is 35.5. The molecule has 2 bridgehead atoms. The quantitative estimate of drug-likeness (QED) is 0.743. The highest BCUT2D eigenvalue weighted by molar-refractivity contribution is 5.87. The first-order valence-corrected chi connectivity index (χ1v) is 8.50. The summed E-state index contributed by atoms with van der Waals surface area (Å²) in [5.41, 5.74) is 5.81. The van der Waals surface area contributed by atoms with Crippen LogP contribution in [0.3, 0.4) is 0 Å². The Labute approximate surface area is 157 Å². The maximum absolute atomic E-state index is 12.6. The number of likely N-dealkylation sites (N-methyl/N-ethyl adjacent to an activating group) is 1. The molecule has 2 saturated heterocycles. The summed E-state index contributed by atoms with van der Waals surface area (Å²) in [5.74, 6) is -0.127. The fourth-order valence-electron chi connectivity index (χ4n) is 3.51. The molecule has 2 aliphatic rings. The molecule has 0 aromatic carbocycles. The summed E-state index contributed by atoms with van der Waals surface area (Å²) in [5, 5.41) is 2.71. The number of carbonyl (C=O) groups is 2. The first-order chi connectivity index (χ1) is 10.4. The zero-order valence-electron chi connectivity index (χ0n) is 14.9. The molecule has 0 radical (unpaired) electrons. The Balaban J connectivity index is 0.00000264. The number of rotatable bonds is 5. The molecule has 2 amide bonds. The lowest BCUT2D eigenvalue weighted by Gasteiger charge is -2.29. The largest absolute Gasteiger partial charge is 0.346 e. The van der Waals surface area contributed by atoms with E-state index in [2.05, 4.69) is 17.1 Å². The number of amides is 2. The van der Waals surface area contributed by atoms with Crippen molar-refractivity contribution in [2.45, 2.75) is 58.2 Å². The summed E-state index contributed by atoms with van der Waals surface area (Å²) < 4.78 is 0. The van der Waals surface area contributed by atoms with Crippen LogP contribution in [0.4, 0.5) is 0 Å². The molecular weight excluding hydrogens is 351 g/mol. The molecule has 0 aromatic rings. The Morgan fingerprint density at radius 3 is 2.38 bits per heavy atom. The topological polar surface area (TPSA) is 78.7 Å². The van der Waals surface area contributed by atoms with E-state index in [-0.39, 0.29) is 49.1 Å². The van der Waals surface area contributed by atoms with Gasteiger partial charge in [0, 0.05) is 25.2 Å². The zero-order valence-corrected chi connectivity index (χ0v) is 16.5. The van der Waals surface area contributed by atoms with E-state index in [0.717, 1.165) is 38.9 Å². The number of hydrogen-bond donors (Lipinski definition) is 2. The molecule has 2 heterocycles. The fraction of sp³-hybridized carbons (Fsp3) is 0.875. The summed E-state index contributed by atoms with van der Waals surface area (Å²) in [7, 11) is 0. The number of hydrogen-bond acceptors (Lipinski definition) is 4. The van der Waals surface area contributed by atoms with Gasteiger partial charge in [0.25, 0.3) is 0 Å². The van der Waals surface area contributed by atoms with Crippen molar-refractivity contribution in [1.82, 2.24) is 15.1 Å². The maximum atomic E-state index is 12.6. The number of nitrogens with two attached hydrogens (primary N) is 1. The molecule has 3 atom stereocenters. The van der Waals surface area contributed by atoms with Crippen molar-refractivity contribution >= 4 is 36.6 Å². The third-order valence-electron chi connectivity index (χ3n) is 5.04. The van der Waals surface area contributed by atoms with Crippen molar-refractivity contribution in [3.05, 3.63) is 0 Å². The van der Waals surface area contributed by atoms with Crippen molar-refractivity contribution < 1.29 is 9.59 Å². The number of nitrogens with zero attached hydrogens (tertiary/aromatic N) is 2. The number of nitrogens with one attached hydrogen (secondary N) is 1. The van der Waals surface area contributed by atoms with E-state index >= 15 is 0 Å². The van der Waals surface area contributed by atoms with Gasteiger partial charge in [-0.05, 0) is 31.7 Å². The average molecular weight is 383 g/mol. The van der Waals surface area contributed by atoms with Crippen molar-refractivity contribution in [2.24, 2.45) is 11.7 Å². The molecule has 0 spiro atoms. The lowest BCUT2D eigenvalue weighted by atomic mass is 10.1. The zero-order chi connectivity index (χ0) is 16.3. The second-order valence-corrected chi connectivity index (χ2v) is 6.86. The van der Waals surface area contributed by atoms with Crippen LogP contribution in [0.2, 0.25) is 0 Å². The normalized spacial score (nSPS) is 24.6.